The number of nitrogens with two attached hydrogens (primary N) is 1. The predicted molar refractivity (Wildman–Crippen MR) is 95.3 cm³/mol. The van der Waals surface area contributed by atoms with Crippen LogP contribution in [0.2, 0.25) is 0 Å². The van der Waals surface area contributed by atoms with Gasteiger partial charge in [0.25, 0.3) is 5.91 Å². The molecule has 0 aliphatic carbocycles. The molecule has 0 unspecified atom stereocenters. The summed E-state index contributed by atoms with van der Waals surface area (Å²) < 4.78 is 38.3. The fourth-order valence-corrected chi connectivity index (χ4v) is 3.03. The van der Waals surface area contributed by atoms with Crippen LogP contribution in [0.5, 0.6) is 0 Å². The molecule has 1 aliphatic heterocycles. The summed E-state index contributed by atoms with van der Waals surface area (Å²) in [5, 5.41) is 0. The highest BCUT2D eigenvalue weighted by molar-refractivity contribution is 5.92. The lowest BCUT2D eigenvalue weighted by Crippen LogP contribution is -2.32. The van der Waals surface area contributed by atoms with Gasteiger partial charge >= 0.3 is 6.18 Å². The molecule has 0 spiro atoms. The Kier molecular flexibility index (Phi) is 5.05. The minimum absolute atomic E-state index is 0.0307. The second-order valence-electron chi connectivity index (χ2n) is 6.73. The minimum Gasteiger partial charge on any atom is -0.364 e. The number of hydrogen-bond donors (Lipinski definition) is 1. The summed E-state index contributed by atoms with van der Waals surface area (Å²) in [6, 6.07) is 6.35. The van der Waals surface area contributed by atoms with Crippen molar-refractivity contribution in [1.82, 2.24) is 14.9 Å². The van der Waals surface area contributed by atoms with Crippen molar-refractivity contribution in [2.75, 3.05) is 32.1 Å². The standard InChI is InChI=1S/C18H20F3N5O/c1-25(2)13-7-8-26(10-13)17-23-14(9-15(24-17)16(22)27)11-3-5-12(6-4-11)18(19,20)21/h3-6,9,13H,7-8,10H2,1-2H3,(H2,22,27)/t13-/m0/s1. The Labute approximate surface area is 154 Å². The molecular weight excluding hydrogens is 359 g/mol. The number of rotatable bonds is 4. The van der Waals surface area contributed by atoms with E-state index in [0.29, 0.717) is 29.8 Å². The number of hydrogen-bond acceptors (Lipinski definition) is 5. The Morgan fingerprint density at radius 2 is 1.89 bits per heavy atom. The number of primary amides is 1. The van der Waals surface area contributed by atoms with Crippen LogP contribution in [0.3, 0.4) is 0 Å². The van der Waals surface area contributed by atoms with E-state index in [2.05, 4.69) is 14.9 Å². The topological polar surface area (TPSA) is 75.3 Å². The van der Waals surface area contributed by atoms with Crippen molar-refractivity contribution in [2.24, 2.45) is 5.73 Å². The molecule has 144 valence electrons. The van der Waals surface area contributed by atoms with E-state index in [1.54, 1.807) is 0 Å². The monoisotopic (exact) mass is 379 g/mol. The summed E-state index contributed by atoms with van der Waals surface area (Å²) in [5.74, 6) is -0.360. The molecule has 0 radical (unpaired) electrons. The Balaban J connectivity index is 1.96. The summed E-state index contributed by atoms with van der Waals surface area (Å²) in [4.78, 5) is 24.4. The van der Waals surface area contributed by atoms with Gasteiger partial charge in [-0.2, -0.15) is 13.2 Å². The molecule has 9 heteroatoms. The maximum Gasteiger partial charge on any atom is 0.416 e. The number of nitrogens with zero attached hydrogens (tertiary/aromatic N) is 4. The van der Waals surface area contributed by atoms with E-state index in [0.717, 1.165) is 25.1 Å². The van der Waals surface area contributed by atoms with Crippen molar-refractivity contribution in [1.29, 1.82) is 0 Å². The Morgan fingerprint density at radius 3 is 2.41 bits per heavy atom. The lowest BCUT2D eigenvalue weighted by Gasteiger charge is -2.21. The van der Waals surface area contributed by atoms with Gasteiger partial charge in [0.1, 0.15) is 5.69 Å². The summed E-state index contributed by atoms with van der Waals surface area (Å²) in [7, 11) is 3.98. The van der Waals surface area contributed by atoms with Crippen molar-refractivity contribution >= 4 is 11.9 Å². The first kappa shape index (κ1) is 19.1. The molecule has 0 bridgehead atoms. The third-order valence-corrected chi connectivity index (χ3v) is 4.65. The van der Waals surface area contributed by atoms with Crippen LogP contribution in [-0.4, -0.2) is 54.0 Å². The zero-order chi connectivity index (χ0) is 19.8. The van der Waals surface area contributed by atoms with Gasteiger partial charge in [-0.15, -0.1) is 0 Å². The molecule has 1 aliphatic rings. The highest BCUT2D eigenvalue weighted by Crippen LogP contribution is 2.31. The van der Waals surface area contributed by atoms with Crippen molar-refractivity contribution < 1.29 is 18.0 Å². The van der Waals surface area contributed by atoms with Gasteiger partial charge in [0, 0.05) is 24.7 Å². The number of carbonyl (C=O) groups is 1. The second-order valence-corrected chi connectivity index (χ2v) is 6.73. The number of anilines is 1. The normalized spacial score (nSPS) is 17.6. The molecule has 1 aromatic heterocycles. The molecule has 1 amide bonds. The van der Waals surface area contributed by atoms with E-state index in [1.165, 1.54) is 18.2 Å². The van der Waals surface area contributed by atoms with Crippen molar-refractivity contribution in [3.63, 3.8) is 0 Å². The molecule has 1 saturated heterocycles. The van der Waals surface area contributed by atoms with Crippen LogP contribution in [-0.2, 0) is 6.18 Å². The molecule has 6 nitrogen and oxygen atoms in total. The van der Waals surface area contributed by atoms with Crippen LogP contribution in [0.4, 0.5) is 19.1 Å². The van der Waals surface area contributed by atoms with Gasteiger partial charge in [-0.05, 0) is 38.7 Å². The number of likely N-dealkylation sites (N-methyl/N-ethyl adjacent to an activating group) is 1. The number of halogens is 3. The summed E-state index contributed by atoms with van der Waals surface area (Å²) in [5.41, 5.74) is 5.48. The fourth-order valence-electron chi connectivity index (χ4n) is 3.03. The Morgan fingerprint density at radius 1 is 1.22 bits per heavy atom. The number of benzene rings is 1. The Hall–Kier alpha value is -2.68. The van der Waals surface area contributed by atoms with E-state index in [9.17, 15) is 18.0 Å². The van der Waals surface area contributed by atoms with E-state index in [1.807, 2.05) is 19.0 Å². The highest BCUT2D eigenvalue weighted by atomic mass is 19.4. The van der Waals surface area contributed by atoms with Gasteiger partial charge in [0.15, 0.2) is 0 Å². The maximum absolute atomic E-state index is 12.8. The first-order chi connectivity index (χ1) is 12.6. The average molecular weight is 379 g/mol. The van der Waals surface area contributed by atoms with Crippen molar-refractivity contribution in [2.45, 2.75) is 18.6 Å². The van der Waals surface area contributed by atoms with Crippen molar-refractivity contribution in [3.8, 4) is 11.3 Å². The van der Waals surface area contributed by atoms with Gasteiger partial charge in [-0.25, -0.2) is 9.97 Å². The van der Waals surface area contributed by atoms with Gasteiger partial charge in [0.2, 0.25) is 5.95 Å². The lowest BCUT2D eigenvalue weighted by molar-refractivity contribution is -0.137. The lowest BCUT2D eigenvalue weighted by atomic mass is 10.1. The van der Waals surface area contributed by atoms with Crippen molar-refractivity contribution in [3.05, 3.63) is 41.6 Å². The second kappa shape index (κ2) is 7.15. The van der Waals surface area contributed by atoms with E-state index in [-0.39, 0.29) is 5.69 Å². The van der Waals surface area contributed by atoms with Crippen LogP contribution in [0.25, 0.3) is 11.3 Å². The predicted octanol–water partition coefficient (Wildman–Crippen LogP) is 2.40. The highest BCUT2D eigenvalue weighted by Gasteiger charge is 2.30. The van der Waals surface area contributed by atoms with Gasteiger partial charge in [-0.1, -0.05) is 12.1 Å². The molecule has 1 atom stereocenters. The molecule has 2 N–H and O–H groups in total. The molecule has 2 aromatic rings. The average Bonchev–Trinajstić information content (AvgIpc) is 3.11. The zero-order valence-corrected chi connectivity index (χ0v) is 15.0. The molecule has 27 heavy (non-hydrogen) atoms. The van der Waals surface area contributed by atoms with Gasteiger partial charge in [0.05, 0.1) is 11.3 Å². The fraction of sp³-hybridized carbons (Fsp3) is 0.389. The molecule has 1 aromatic carbocycles. The number of aromatic nitrogens is 2. The SMILES string of the molecule is CN(C)[C@H]1CCN(c2nc(C(N)=O)cc(-c3ccc(C(F)(F)F)cc3)n2)C1. The third kappa shape index (κ3) is 4.19. The summed E-state index contributed by atoms with van der Waals surface area (Å²) in [6.45, 7) is 1.42. The quantitative estimate of drug-likeness (QED) is 0.883. The molecule has 2 heterocycles. The van der Waals surface area contributed by atoms with Gasteiger partial charge in [-0.3, -0.25) is 4.79 Å². The van der Waals surface area contributed by atoms with E-state index >= 15 is 0 Å². The minimum atomic E-state index is -4.41. The smallest absolute Gasteiger partial charge is 0.364 e. The summed E-state index contributed by atoms with van der Waals surface area (Å²) in [6.07, 6.45) is -3.49. The third-order valence-electron chi connectivity index (χ3n) is 4.65. The number of carbonyl (C=O) groups excluding carboxylic acids is 1. The maximum atomic E-state index is 12.8. The number of alkyl halides is 3. The van der Waals surface area contributed by atoms with Crippen LogP contribution < -0.4 is 10.6 Å². The Bertz CT molecular complexity index is 836. The first-order valence-electron chi connectivity index (χ1n) is 8.43. The van der Waals surface area contributed by atoms with Crippen LogP contribution in [0.15, 0.2) is 30.3 Å². The van der Waals surface area contributed by atoms with E-state index in [4.69, 9.17) is 5.73 Å². The molecule has 1 fully saturated rings. The molecular formula is C18H20F3N5O. The first-order valence-corrected chi connectivity index (χ1v) is 8.43. The number of amides is 1. The van der Waals surface area contributed by atoms with Crippen LogP contribution in [0.1, 0.15) is 22.5 Å². The largest absolute Gasteiger partial charge is 0.416 e. The van der Waals surface area contributed by atoms with Crippen LogP contribution >= 0.6 is 0 Å². The van der Waals surface area contributed by atoms with Gasteiger partial charge < -0.3 is 15.5 Å². The summed E-state index contributed by atoms with van der Waals surface area (Å²) >= 11 is 0. The van der Waals surface area contributed by atoms with Crippen LogP contribution in [0, 0.1) is 0 Å². The zero-order valence-electron chi connectivity index (χ0n) is 15.0. The van der Waals surface area contributed by atoms with E-state index < -0.39 is 17.6 Å². The molecule has 3 rings (SSSR count). The molecule has 0 saturated carbocycles.